The third kappa shape index (κ3) is 3.63. The van der Waals surface area contributed by atoms with E-state index in [1.54, 1.807) is 17.1 Å². The molecule has 1 aliphatic heterocycles. The van der Waals surface area contributed by atoms with Crippen LogP contribution in [0.15, 0.2) is 42.0 Å². The maximum Gasteiger partial charge on any atom is 0.274 e. The van der Waals surface area contributed by atoms with Crippen LogP contribution in [-0.4, -0.2) is 45.9 Å². The fourth-order valence-electron chi connectivity index (χ4n) is 3.68. The molecule has 0 saturated carbocycles. The van der Waals surface area contributed by atoms with Crippen molar-refractivity contribution in [2.75, 3.05) is 11.9 Å². The minimum atomic E-state index is -0.300. The summed E-state index contributed by atoms with van der Waals surface area (Å²) in [5.74, 6) is 2.60. The van der Waals surface area contributed by atoms with Crippen molar-refractivity contribution in [1.29, 1.82) is 0 Å². The minimum absolute atomic E-state index is 0.300. The van der Waals surface area contributed by atoms with Crippen LogP contribution >= 0.6 is 11.3 Å². The van der Waals surface area contributed by atoms with Crippen molar-refractivity contribution in [2.24, 2.45) is 7.05 Å². The third-order valence-corrected chi connectivity index (χ3v) is 6.12. The predicted molar refractivity (Wildman–Crippen MR) is 121 cm³/mol. The van der Waals surface area contributed by atoms with E-state index in [9.17, 15) is 0 Å². The molecule has 0 radical (unpaired) electrons. The second-order valence-electron chi connectivity index (χ2n) is 7.56. The molecular weight excluding hydrogens is 442 g/mol. The van der Waals surface area contributed by atoms with Gasteiger partial charge in [0.2, 0.25) is 11.8 Å². The van der Waals surface area contributed by atoms with Gasteiger partial charge in [0.05, 0.1) is 24.2 Å². The summed E-state index contributed by atoms with van der Waals surface area (Å²) >= 11 is 1.47. The number of anilines is 2. The van der Waals surface area contributed by atoms with E-state index in [1.165, 1.54) is 11.3 Å². The standard InChI is InChI=1S/C21H19N9O2S/c1-12-11-33-21(24-12)32-15-5-8-31-18-10-13(9-17-27-28-19(15)30(17)18)14-3-6-22-20(25-14)26-16-4-7-23-29(16)2/h3-4,6-7,9-11,15H,5,8H2,1-2H3,(H,22,25,26). The molecule has 0 spiro atoms. The fourth-order valence-corrected chi connectivity index (χ4v) is 4.37. The zero-order valence-electron chi connectivity index (χ0n) is 17.8. The van der Waals surface area contributed by atoms with Crippen LogP contribution in [-0.2, 0) is 7.05 Å². The first-order chi connectivity index (χ1) is 16.1. The number of hydrogen-bond donors (Lipinski definition) is 1. The minimum Gasteiger partial charge on any atom is -0.478 e. The molecule has 0 aliphatic carbocycles. The summed E-state index contributed by atoms with van der Waals surface area (Å²) in [4.78, 5) is 13.4. The van der Waals surface area contributed by atoms with Crippen molar-refractivity contribution in [2.45, 2.75) is 19.4 Å². The number of rotatable bonds is 5. The van der Waals surface area contributed by atoms with Crippen LogP contribution in [0.2, 0.25) is 0 Å². The number of pyridine rings is 1. The molecule has 5 aromatic heterocycles. The highest BCUT2D eigenvalue weighted by molar-refractivity contribution is 7.11. The molecule has 1 atom stereocenters. The second-order valence-corrected chi connectivity index (χ2v) is 8.38. The smallest absolute Gasteiger partial charge is 0.274 e. The Kier molecular flexibility index (Phi) is 4.64. The van der Waals surface area contributed by atoms with Gasteiger partial charge in [0.1, 0.15) is 5.82 Å². The van der Waals surface area contributed by atoms with Crippen LogP contribution in [0.5, 0.6) is 11.1 Å². The van der Waals surface area contributed by atoms with E-state index in [2.05, 4.69) is 35.6 Å². The van der Waals surface area contributed by atoms with Crippen LogP contribution in [0.4, 0.5) is 11.8 Å². The van der Waals surface area contributed by atoms with Crippen LogP contribution < -0.4 is 14.8 Å². The molecule has 166 valence electrons. The van der Waals surface area contributed by atoms with Crippen molar-refractivity contribution in [1.82, 2.24) is 39.3 Å². The molecular formula is C21H19N9O2S. The first kappa shape index (κ1) is 19.6. The molecule has 11 nitrogen and oxygen atoms in total. The van der Waals surface area contributed by atoms with E-state index < -0.39 is 0 Å². The van der Waals surface area contributed by atoms with Gasteiger partial charge in [-0.15, -0.1) is 10.2 Å². The summed E-state index contributed by atoms with van der Waals surface area (Å²) in [6, 6.07) is 7.56. The summed E-state index contributed by atoms with van der Waals surface area (Å²) in [5, 5.41) is 18.7. The van der Waals surface area contributed by atoms with Gasteiger partial charge in [-0.3, -0.25) is 4.68 Å². The lowest BCUT2D eigenvalue weighted by Gasteiger charge is -2.12. The Bertz CT molecular complexity index is 1460. The molecule has 0 fully saturated rings. The van der Waals surface area contributed by atoms with Crippen molar-refractivity contribution < 1.29 is 9.47 Å². The zero-order chi connectivity index (χ0) is 22.4. The molecule has 12 heteroatoms. The normalized spacial score (nSPS) is 15.3. The Labute approximate surface area is 192 Å². The number of nitrogens with zero attached hydrogens (tertiary/aromatic N) is 8. The average Bonchev–Trinajstić information content (AvgIpc) is 3.50. The Balaban J connectivity index is 1.35. The lowest BCUT2D eigenvalue weighted by Crippen LogP contribution is -2.11. The Morgan fingerprint density at radius 2 is 2.12 bits per heavy atom. The molecule has 6 heterocycles. The topological polar surface area (TPSA) is 117 Å². The average molecular weight is 462 g/mol. The molecule has 0 aromatic carbocycles. The monoisotopic (exact) mass is 461 g/mol. The van der Waals surface area contributed by atoms with E-state index in [-0.39, 0.29) is 6.10 Å². The van der Waals surface area contributed by atoms with Crippen molar-refractivity contribution >= 4 is 28.8 Å². The van der Waals surface area contributed by atoms with Crippen molar-refractivity contribution in [3.8, 4) is 22.3 Å². The van der Waals surface area contributed by atoms with Crippen LogP contribution in [0.1, 0.15) is 24.0 Å². The van der Waals surface area contributed by atoms with E-state index >= 15 is 0 Å². The van der Waals surface area contributed by atoms with Gasteiger partial charge in [0.15, 0.2) is 17.6 Å². The summed E-state index contributed by atoms with van der Waals surface area (Å²) in [6.07, 6.45) is 3.75. The van der Waals surface area contributed by atoms with Gasteiger partial charge >= 0.3 is 0 Å². The van der Waals surface area contributed by atoms with Gasteiger partial charge in [-0.05, 0) is 19.1 Å². The number of thiazole rings is 1. The Morgan fingerprint density at radius 3 is 2.94 bits per heavy atom. The molecule has 0 bridgehead atoms. The first-order valence-corrected chi connectivity index (χ1v) is 11.2. The Hall–Kier alpha value is -4.06. The van der Waals surface area contributed by atoms with Crippen LogP contribution in [0.3, 0.4) is 0 Å². The van der Waals surface area contributed by atoms with Gasteiger partial charge in [-0.25, -0.2) is 19.4 Å². The van der Waals surface area contributed by atoms with E-state index in [1.807, 2.05) is 48.0 Å². The second kappa shape index (κ2) is 7.81. The predicted octanol–water partition coefficient (Wildman–Crippen LogP) is 3.33. The van der Waals surface area contributed by atoms with Gasteiger partial charge < -0.3 is 14.8 Å². The summed E-state index contributed by atoms with van der Waals surface area (Å²) in [5.41, 5.74) is 3.17. The van der Waals surface area contributed by atoms with E-state index in [4.69, 9.17) is 9.47 Å². The lowest BCUT2D eigenvalue weighted by molar-refractivity contribution is 0.165. The quantitative estimate of drug-likeness (QED) is 0.420. The molecule has 0 saturated heterocycles. The molecule has 1 N–H and O–H groups in total. The zero-order valence-corrected chi connectivity index (χ0v) is 18.7. The van der Waals surface area contributed by atoms with Gasteiger partial charge in [-0.1, -0.05) is 11.3 Å². The molecule has 1 unspecified atom stereocenters. The number of aryl methyl sites for hydroxylation is 2. The van der Waals surface area contributed by atoms with Crippen LogP contribution in [0, 0.1) is 6.92 Å². The maximum atomic E-state index is 6.12. The van der Waals surface area contributed by atoms with Crippen molar-refractivity contribution in [3.05, 3.63) is 53.6 Å². The maximum absolute atomic E-state index is 6.12. The largest absolute Gasteiger partial charge is 0.478 e. The summed E-state index contributed by atoms with van der Waals surface area (Å²) < 4.78 is 15.8. The van der Waals surface area contributed by atoms with Gasteiger partial charge in [0.25, 0.3) is 5.19 Å². The molecule has 6 rings (SSSR count). The number of aromatic nitrogens is 8. The number of nitrogens with one attached hydrogen (secondary N) is 1. The highest BCUT2D eigenvalue weighted by Crippen LogP contribution is 2.33. The number of hydrogen-bond acceptors (Lipinski definition) is 10. The highest BCUT2D eigenvalue weighted by Gasteiger charge is 2.27. The van der Waals surface area contributed by atoms with E-state index in [0.717, 1.165) is 22.8 Å². The number of ether oxygens (including phenoxy) is 2. The third-order valence-electron chi connectivity index (χ3n) is 5.27. The summed E-state index contributed by atoms with van der Waals surface area (Å²) in [6.45, 7) is 2.42. The summed E-state index contributed by atoms with van der Waals surface area (Å²) in [7, 11) is 1.85. The first-order valence-electron chi connectivity index (χ1n) is 10.3. The SMILES string of the molecule is Cc1csc(OC2CCOc3cc(-c4ccnc(Nc5ccnn5C)n4)cc4nnc2n34)n1. The van der Waals surface area contributed by atoms with Gasteiger partial charge in [0, 0.05) is 42.7 Å². The highest BCUT2D eigenvalue weighted by atomic mass is 32.1. The van der Waals surface area contributed by atoms with Crippen molar-refractivity contribution in [3.63, 3.8) is 0 Å². The molecule has 33 heavy (non-hydrogen) atoms. The Morgan fingerprint density at radius 1 is 1.18 bits per heavy atom. The van der Waals surface area contributed by atoms with Crippen LogP contribution in [0.25, 0.3) is 16.9 Å². The molecule has 0 amide bonds. The fraction of sp³-hybridized carbons (Fsp3) is 0.238. The molecule has 1 aliphatic rings. The van der Waals surface area contributed by atoms with Gasteiger partial charge in [-0.2, -0.15) is 5.10 Å². The lowest BCUT2D eigenvalue weighted by atomic mass is 10.2. The molecule has 5 aromatic rings. The van der Waals surface area contributed by atoms with E-state index in [0.29, 0.717) is 41.5 Å².